The maximum Gasteiger partial charge on any atom is 0.255 e. The highest BCUT2D eigenvalue weighted by molar-refractivity contribution is 6.33. The summed E-state index contributed by atoms with van der Waals surface area (Å²) < 4.78 is 86.4. The second-order valence-electron chi connectivity index (χ2n) is 9.11. The molecular weight excluding hydrogens is 585 g/mol. The quantitative estimate of drug-likeness (QED) is 0.154. The molecule has 0 aromatic heterocycles. The molecule has 0 spiro atoms. The van der Waals surface area contributed by atoms with Crippen LogP contribution in [0.25, 0.3) is 0 Å². The number of anilines is 3. The number of nitrogens with zero attached hydrogens (tertiary/aromatic N) is 2. The van der Waals surface area contributed by atoms with Crippen molar-refractivity contribution >= 4 is 34.6 Å². The number of ether oxygens (including phenoxy) is 3. The molecule has 0 saturated carbocycles. The molecule has 1 aliphatic heterocycles. The van der Waals surface area contributed by atoms with E-state index in [0.29, 0.717) is 48.4 Å². The molecule has 4 rings (SSSR count). The SMILES string of the molecule is CCOc1cc(C(=O)Nc2ccc(N3CCN(c4c(F)c(F)c(F)c(F)c4F)CC3)c(Cl)c2)cc(OCC)c1OCC. The molecule has 1 aliphatic rings. The molecule has 3 aromatic rings. The van der Waals surface area contributed by atoms with E-state index < -0.39 is 40.7 Å². The minimum absolute atomic E-state index is 0.0186. The van der Waals surface area contributed by atoms with Gasteiger partial charge in [0.25, 0.3) is 5.91 Å². The van der Waals surface area contributed by atoms with Crippen LogP contribution in [0.15, 0.2) is 30.3 Å². The number of halogens is 6. The Labute approximate surface area is 244 Å². The zero-order valence-electron chi connectivity index (χ0n) is 23.1. The van der Waals surface area contributed by atoms with Gasteiger partial charge in [-0.1, -0.05) is 11.6 Å². The van der Waals surface area contributed by atoms with Crippen LogP contribution in [0.1, 0.15) is 31.1 Å². The summed E-state index contributed by atoms with van der Waals surface area (Å²) in [7, 11) is 0. The monoisotopic (exact) mass is 613 g/mol. The molecule has 0 unspecified atom stereocenters. The lowest BCUT2D eigenvalue weighted by molar-refractivity contribution is 0.102. The van der Waals surface area contributed by atoms with Crippen molar-refractivity contribution in [3.05, 3.63) is 70.0 Å². The first-order chi connectivity index (χ1) is 20.1. The standard InChI is InChI=1S/C29H29ClF5N3O4/c1-4-40-20-13-16(14-21(41-5-2)28(20)42-6-3)29(39)36-17-7-8-19(18(30)15-17)37-9-11-38(12-10-37)27-25(34)23(32)22(31)24(33)26(27)35/h7-8,13-15H,4-6,9-12H2,1-3H3,(H,36,39). The van der Waals surface area contributed by atoms with E-state index >= 15 is 0 Å². The first-order valence-corrected chi connectivity index (χ1v) is 13.7. The summed E-state index contributed by atoms with van der Waals surface area (Å²) in [6.07, 6.45) is 0. The molecule has 3 aromatic carbocycles. The number of benzene rings is 3. The molecule has 0 bridgehead atoms. The Morgan fingerprint density at radius 2 is 1.26 bits per heavy atom. The van der Waals surface area contributed by atoms with Gasteiger partial charge in [0.2, 0.25) is 11.6 Å². The molecule has 1 fully saturated rings. The fourth-order valence-electron chi connectivity index (χ4n) is 4.61. The number of carbonyl (C=O) groups is 1. The Morgan fingerprint density at radius 3 is 1.76 bits per heavy atom. The molecular formula is C29H29ClF5N3O4. The van der Waals surface area contributed by atoms with Gasteiger partial charge in [-0.05, 0) is 51.1 Å². The third kappa shape index (κ3) is 6.28. The number of amides is 1. The first kappa shape index (κ1) is 31.0. The van der Waals surface area contributed by atoms with Crippen LogP contribution in [-0.4, -0.2) is 51.9 Å². The summed E-state index contributed by atoms with van der Waals surface area (Å²) in [5, 5.41) is 3.07. The number of rotatable bonds is 10. The molecule has 0 radical (unpaired) electrons. The van der Waals surface area contributed by atoms with Gasteiger partial charge in [-0.2, -0.15) is 0 Å². The van der Waals surface area contributed by atoms with E-state index in [1.807, 2.05) is 25.7 Å². The smallest absolute Gasteiger partial charge is 0.255 e. The normalized spacial score (nSPS) is 13.3. The third-order valence-electron chi connectivity index (χ3n) is 6.50. The van der Waals surface area contributed by atoms with Gasteiger partial charge < -0.3 is 29.3 Å². The molecule has 13 heteroatoms. The lowest BCUT2D eigenvalue weighted by atomic mass is 10.1. The molecule has 1 N–H and O–H groups in total. The molecule has 0 atom stereocenters. The zero-order valence-corrected chi connectivity index (χ0v) is 23.9. The maximum atomic E-state index is 14.3. The van der Waals surface area contributed by atoms with Crippen LogP contribution in [0.4, 0.5) is 39.0 Å². The predicted octanol–water partition coefficient (Wildman–Crippen LogP) is 6.81. The highest BCUT2D eigenvalue weighted by atomic mass is 35.5. The van der Waals surface area contributed by atoms with E-state index in [1.165, 1.54) is 0 Å². The van der Waals surface area contributed by atoms with E-state index in [4.69, 9.17) is 25.8 Å². The number of piperazine rings is 1. The molecule has 42 heavy (non-hydrogen) atoms. The van der Waals surface area contributed by atoms with Gasteiger partial charge in [0.15, 0.2) is 34.8 Å². The second kappa shape index (κ2) is 13.4. The molecule has 7 nitrogen and oxygen atoms in total. The number of hydrogen-bond donors (Lipinski definition) is 1. The van der Waals surface area contributed by atoms with Crippen LogP contribution >= 0.6 is 11.6 Å². The van der Waals surface area contributed by atoms with E-state index in [1.54, 1.807) is 30.3 Å². The minimum atomic E-state index is -2.20. The van der Waals surface area contributed by atoms with E-state index in [9.17, 15) is 26.7 Å². The van der Waals surface area contributed by atoms with Gasteiger partial charge in [0.1, 0.15) is 5.69 Å². The summed E-state index contributed by atoms with van der Waals surface area (Å²) in [6, 6.07) is 7.98. The van der Waals surface area contributed by atoms with Gasteiger partial charge in [0, 0.05) is 37.4 Å². The Morgan fingerprint density at radius 1 is 0.762 bits per heavy atom. The van der Waals surface area contributed by atoms with E-state index in [2.05, 4.69) is 5.32 Å². The van der Waals surface area contributed by atoms with Crippen LogP contribution in [0.3, 0.4) is 0 Å². The second-order valence-corrected chi connectivity index (χ2v) is 9.52. The van der Waals surface area contributed by atoms with Crippen LogP contribution in [0.2, 0.25) is 5.02 Å². The van der Waals surface area contributed by atoms with Crippen molar-refractivity contribution in [2.75, 3.05) is 61.1 Å². The van der Waals surface area contributed by atoms with E-state index in [0.717, 1.165) is 4.90 Å². The molecule has 1 saturated heterocycles. The Balaban J connectivity index is 1.48. The molecule has 226 valence electrons. The van der Waals surface area contributed by atoms with Gasteiger partial charge in [-0.15, -0.1) is 0 Å². The van der Waals surface area contributed by atoms with Crippen LogP contribution in [-0.2, 0) is 0 Å². The van der Waals surface area contributed by atoms with Gasteiger partial charge >= 0.3 is 0 Å². The summed E-state index contributed by atoms with van der Waals surface area (Å²) >= 11 is 6.52. The van der Waals surface area contributed by atoms with Crippen molar-refractivity contribution < 1.29 is 41.0 Å². The largest absolute Gasteiger partial charge is 0.490 e. The fraction of sp³-hybridized carbons (Fsp3) is 0.345. The summed E-state index contributed by atoms with van der Waals surface area (Å²) in [5.41, 5.74) is 0.294. The summed E-state index contributed by atoms with van der Waals surface area (Å²) in [5.74, 6) is -9.20. The van der Waals surface area contributed by atoms with E-state index in [-0.39, 0.29) is 36.8 Å². The highest BCUT2D eigenvalue weighted by Gasteiger charge is 2.31. The van der Waals surface area contributed by atoms with Gasteiger partial charge in [0.05, 0.1) is 30.5 Å². The number of hydrogen-bond acceptors (Lipinski definition) is 6. The maximum absolute atomic E-state index is 14.3. The summed E-state index contributed by atoms with van der Waals surface area (Å²) in [6.45, 7) is 6.87. The first-order valence-electron chi connectivity index (χ1n) is 13.3. The molecule has 1 heterocycles. The lowest BCUT2D eigenvalue weighted by Gasteiger charge is -2.38. The minimum Gasteiger partial charge on any atom is -0.490 e. The predicted molar refractivity (Wildman–Crippen MR) is 150 cm³/mol. The Hall–Kier alpha value is -3.93. The lowest BCUT2D eigenvalue weighted by Crippen LogP contribution is -2.47. The Kier molecular flexibility index (Phi) is 9.87. The summed E-state index contributed by atoms with van der Waals surface area (Å²) in [4.78, 5) is 16.1. The molecule has 1 amide bonds. The van der Waals surface area contributed by atoms with Gasteiger partial charge in [-0.25, -0.2) is 22.0 Å². The Bertz CT molecular complexity index is 1410. The average molecular weight is 614 g/mol. The van der Waals surface area contributed by atoms with Crippen molar-refractivity contribution in [2.24, 2.45) is 0 Å². The zero-order chi connectivity index (χ0) is 30.6. The van der Waals surface area contributed by atoms with Crippen LogP contribution in [0, 0.1) is 29.1 Å². The fourth-order valence-corrected chi connectivity index (χ4v) is 4.91. The average Bonchev–Trinajstić information content (AvgIpc) is 2.97. The topological polar surface area (TPSA) is 63.3 Å². The van der Waals surface area contributed by atoms with Crippen molar-refractivity contribution in [2.45, 2.75) is 20.8 Å². The number of nitrogens with one attached hydrogen (secondary N) is 1. The van der Waals surface area contributed by atoms with Gasteiger partial charge in [-0.3, -0.25) is 4.79 Å². The van der Waals surface area contributed by atoms with Crippen molar-refractivity contribution in [1.82, 2.24) is 0 Å². The third-order valence-corrected chi connectivity index (χ3v) is 6.80. The highest BCUT2D eigenvalue weighted by Crippen LogP contribution is 2.40. The number of carbonyl (C=O) groups excluding carboxylic acids is 1. The molecule has 0 aliphatic carbocycles. The van der Waals surface area contributed by atoms with Crippen molar-refractivity contribution in [3.63, 3.8) is 0 Å². The van der Waals surface area contributed by atoms with Crippen molar-refractivity contribution in [3.8, 4) is 17.2 Å². The van der Waals surface area contributed by atoms with Crippen LogP contribution < -0.4 is 29.3 Å². The van der Waals surface area contributed by atoms with Crippen molar-refractivity contribution in [1.29, 1.82) is 0 Å². The van der Waals surface area contributed by atoms with Crippen LogP contribution in [0.5, 0.6) is 17.2 Å².